The number of hydrogen-bond donors (Lipinski definition) is 2. The average Bonchev–Trinajstić information content (AvgIpc) is 2.87. The number of nitrogens with one attached hydrogen (secondary N) is 2. The van der Waals surface area contributed by atoms with Gasteiger partial charge in [-0.2, -0.15) is 0 Å². The molecule has 24 heavy (non-hydrogen) atoms. The Labute approximate surface area is 154 Å². The van der Waals surface area contributed by atoms with E-state index in [4.69, 9.17) is 4.42 Å². The molecule has 2 unspecified atom stereocenters. The van der Waals surface area contributed by atoms with Gasteiger partial charge in [0.15, 0.2) is 11.5 Å². The van der Waals surface area contributed by atoms with E-state index in [-0.39, 0.29) is 30.7 Å². The summed E-state index contributed by atoms with van der Waals surface area (Å²) in [5.41, 5.74) is 2.29. The van der Waals surface area contributed by atoms with Gasteiger partial charge in [0.2, 0.25) is 5.91 Å². The van der Waals surface area contributed by atoms with Crippen molar-refractivity contribution in [2.24, 2.45) is 11.8 Å². The molecule has 1 aliphatic heterocycles. The van der Waals surface area contributed by atoms with E-state index in [0.29, 0.717) is 29.7 Å². The molecule has 0 radical (unpaired) electrons. The molecule has 1 saturated heterocycles. The molecular formula is C17H25Cl2N3O2. The van der Waals surface area contributed by atoms with Crippen molar-refractivity contribution in [3.05, 3.63) is 24.1 Å². The van der Waals surface area contributed by atoms with Gasteiger partial charge in [0.1, 0.15) is 5.52 Å². The monoisotopic (exact) mass is 373 g/mol. The van der Waals surface area contributed by atoms with Crippen LogP contribution >= 0.6 is 24.8 Å². The van der Waals surface area contributed by atoms with Crippen LogP contribution in [0.5, 0.6) is 0 Å². The Morgan fingerprint density at radius 3 is 2.96 bits per heavy atom. The van der Waals surface area contributed by atoms with E-state index in [9.17, 15) is 4.79 Å². The van der Waals surface area contributed by atoms with Crippen LogP contribution in [0.4, 0.5) is 5.69 Å². The first-order valence-electron chi connectivity index (χ1n) is 7.99. The molecular weight excluding hydrogens is 349 g/mol. The van der Waals surface area contributed by atoms with Crippen LogP contribution in [0.25, 0.3) is 11.1 Å². The third-order valence-electron chi connectivity index (χ3n) is 4.43. The highest BCUT2D eigenvalue weighted by atomic mass is 35.5. The van der Waals surface area contributed by atoms with Crippen LogP contribution in [-0.4, -0.2) is 24.0 Å². The SMILES string of the molecule is Cc1nc2ccc(NC(=O)CC(C)C3CCCNC3)cc2o1.Cl.Cl. The lowest BCUT2D eigenvalue weighted by Crippen LogP contribution is -2.34. The second-order valence-electron chi connectivity index (χ2n) is 6.25. The third kappa shape index (κ3) is 5.10. The molecule has 7 heteroatoms. The minimum atomic E-state index is 0. The Morgan fingerprint density at radius 1 is 1.46 bits per heavy atom. The van der Waals surface area contributed by atoms with E-state index in [1.807, 2.05) is 25.1 Å². The number of rotatable bonds is 4. The molecule has 2 heterocycles. The van der Waals surface area contributed by atoms with Crippen LogP contribution in [0.2, 0.25) is 0 Å². The number of carbonyl (C=O) groups excluding carboxylic acids is 1. The summed E-state index contributed by atoms with van der Waals surface area (Å²) in [6.07, 6.45) is 2.97. The van der Waals surface area contributed by atoms with Gasteiger partial charge in [0.05, 0.1) is 0 Å². The number of anilines is 1. The smallest absolute Gasteiger partial charge is 0.224 e. The van der Waals surface area contributed by atoms with Crippen molar-refractivity contribution in [2.75, 3.05) is 18.4 Å². The molecule has 2 aromatic rings. The first kappa shape index (κ1) is 20.7. The molecule has 3 rings (SSSR count). The van der Waals surface area contributed by atoms with E-state index in [1.165, 1.54) is 12.8 Å². The predicted octanol–water partition coefficient (Wildman–Crippen LogP) is 3.94. The van der Waals surface area contributed by atoms with Gasteiger partial charge in [-0.05, 0) is 49.9 Å². The maximum atomic E-state index is 12.2. The van der Waals surface area contributed by atoms with Crippen LogP contribution < -0.4 is 10.6 Å². The minimum Gasteiger partial charge on any atom is -0.441 e. The van der Waals surface area contributed by atoms with E-state index in [2.05, 4.69) is 22.5 Å². The second kappa shape index (κ2) is 9.25. The number of benzene rings is 1. The highest BCUT2D eigenvalue weighted by Gasteiger charge is 2.22. The largest absolute Gasteiger partial charge is 0.441 e. The van der Waals surface area contributed by atoms with Gasteiger partial charge in [-0.15, -0.1) is 24.8 Å². The summed E-state index contributed by atoms with van der Waals surface area (Å²) in [7, 11) is 0. The van der Waals surface area contributed by atoms with Crippen molar-refractivity contribution in [1.29, 1.82) is 0 Å². The van der Waals surface area contributed by atoms with Crippen LogP contribution in [-0.2, 0) is 4.79 Å². The lowest BCUT2D eigenvalue weighted by atomic mass is 9.85. The van der Waals surface area contributed by atoms with E-state index < -0.39 is 0 Å². The van der Waals surface area contributed by atoms with Gasteiger partial charge in [-0.3, -0.25) is 4.79 Å². The van der Waals surface area contributed by atoms with E-state index >= 15 is 0 Å². The second-order valence-corrected chi connectivity index (χ2v) is 6.25. The average molecular weight is 374 g/mol. The van der Waals surface area contributed by atoms with Crippen molar-refractivity contribution in [1.82, 2.24) is 10.3 Å². The summed E-state index contributed by atoms with van der Waals surface area (Å²) in [5, 5.41) is 6.38. The molecule has 2 atom stereocenters. The van der Waals surface area contributed by atoms with Crippen molar-refractivity contribution in [2.45, 2.75) is 33.1 Å². The normalized spacial score (nSPS) is 18.3. The first-order valence-corrected chi connectivity index (χ1v) is 7.99. The van der Waals surface area contributed by atoms with Crippen molar-refractivity contribution in [3.63, 3.8) is 0 Å². The van der Waals surface area contributed by atoms with Crippen molar-refractivity contribution >= 4 is 47.5 Å². The highest BCUT2D eigenvalue weighted by molar-refractivity contribution is 5.92. The number of halogens is 2. The van der Waals surface area contributed by atoms with Crippen molar-refractivity contribution in [3.8, 4) is 0 Å². The molecule has 1 aromatic carbocycles. The van der Waals surface area contributed by atoms with Gasteiger partial charge in [0.25, 0.3) is 0 Å². The van der Waals surface area contributed by atoms with Crippen LogP contribution in [0.15, 0.2) is 22.6 Å². The first-order chi connectivity index (χ1) is 10.6. The van der Waals surface area contributed by atoms with Gasteiger partial charge in [0, 0.05) is 25.1 Å². The number of amides is 1. The number of aryl methyl sites for hydroxylation is 1. The Hall–Kier alpha value is -1.30. The molecule has 1 aliphatic rings. The Balaban J connectivity index is 0.00000144. The number of piperidine rings is 1. The fourth-order valence-corrected chi connectivity index (χ4v) is 3.15. The maximum Gasteiger partial charge on any atom is 0.224 e. The third-order valence-corrected chi connectivity index (χ3v) is 4.43. The molecule has 134 valence electrons. The zero-order valence-electron chi connectivity index (χ0n) is 14.0. The maximum absolute atomic E-state index is 12.2. The van der Waals surface area contributed by atoms with Gasteiger partial charge < -0.3 is 15.1 Å². The molecule has 1 fully saturated rings. The Bertz CT molecular complexity index is 669. The predicted molar refractivity (Wildman–Crippen MR) is 101 cm³/mol. The molecule has 5 nitrogen and oxygen atoms in total. The van der Waals surface area contributed by atoms with Crippen LogP contribution in [0, 0.1) is 18.8 Å². The fraction of sp³-hybridized carbons (Fsp3) is 0.529. The lowest BCUT2D eigenvalue weighted by Gasteiger charge is -2.28. The molecule has 0 bridgehead atoms. The van der Waals surface area contributed by atoms with Gasteiger partial charge in [-0.1, -0.05) is 6.92 Å². The summed E-state index contributed by atoms with van der Waals surface area (Å²) in [4.78, 5) is 16.5. The van der Waals surface area contributed by atoms with Crippen LogP contribution in [0.3, 0.4) is 0 Å². The standard InChI is InChI=1S/C17H23N3O2.2ClH/c1-11(13-4-3-7-18-10-13)8-17(21)20-14-5-6-15-16(9-14)22-12(2)19-15;;/h5-6,9,11,13,18H,3-4,7-8,10H2,1-2H3,(H,20,21);2*1H. The quantitative estimate of drug-likeness (QED) is 0.851. The number of nitrogens with zero attached hydrogens (tertiary/aromatic N) is 1. The number of hydrogen-bond acceptors (Lipinski definition) is 4. The molecule has 0 spiro atoms. The molecule has 1 amide bonds. The molecule has 2 N–H and O–H groups in total. The Kier molecular flexibility index (Phi) is 8.00. The summed E-state index contributed by atoms with van der Waals surface area (Å²) in [6, 6.07) is 5.57. The number of oxazole rings is 1. The van der Waals surface area contributed by atoms with Gasteiger partial charge >= 0.3 is 0 Å². The lowest BCUT2D eigenvalue weighted by molar-refractivity contribution is -0.117. The molecule has 1 aromatic heterocycles. The number of aromatic nitrogens is 1. The summed E-state index contributed by atoms with van der Waals surface area (Å²) in [5.74, 6) is 1.69. The summed E-state index contributed by atoms with van der Waals surface area (Å²) >= 11 is 0. The highest BCUT2D eigenvalue weighted by Crippen LogP contribution is 2.24. The fourth-order valence-electron chi connectivity index (χ4n) is 3.15. The number of fused-ring (bicyclic) bond motifs is 1. The molecule has 0 saturated carbocycles. The minimum absolute atomic E-state index is 0. The zero-order chi connectivity index (χ0) is 15.5. The number of carbonyl (C=O) groups is 1. The summed E-state index contributed by atoms with van der Waals surface area (Å²) < 4.78 is 5.50. The van der Waals surface area contributed by atoms with Crippen LogP contribution in [0.1, 0.15) is 32.1 Å². The summed E-state index contributed by atoms with van der Waals surface area (Å²) in [6.45, 7) is 6.11. The van der Waals surface area contributed by atoms with Crippen molar-refractivity contribution < 1.29 is 9.21 Å². The molecule has 0 aliphatic carbocycles. The zero-order valence-corrected chi connectivity index (χ0v) is 15.6. The van der Waals surface area contributed by atoms with Gasteiger partial charge in [-0.25, -0.2) is 4.98 Å². The Morgan fingerprint density at radius 2 is 2.25 bits per heavy atom. The van der Waals surface area contributed by atoms with E-state index in [0.717, 1.165) is 24.3 Å². The van der Waals surface area contributed by atoms with E-state index in [1.54, 1.807) is 0 Å². The topological polar surface area (TPSA) is 67.2 Å².